The molecule has 1 aliphatic carbocycles. The lowest BCUT2D eigenvalue weighted by atomic mass is 9.68. The van der Waals surface area contributed by atoms with Gasteiger partial charge in [-0.2, -0.15) is 26.3 Å². The fourth-order valence-electron chi connectivity index (χ4n) is 4.25. The van der Waals surface area contributed by atoms with Gasteiger partial charge in [-0.05, 0) is 49.8 Å². The average Bonchev–Trinajstić information content (AvgIpc) is 2.93. The Morgan fingerprint density at radius 2 is 1.53 bits per heavy atom. The molecular weight excluding hydrogens is 416 g/mol. The van der Waals surface area contributed by atoms with Gasteiger partial charge in [0, 0.05) is 12.2 Å². The van der Waals surface area contributed by atoms with Gasteiger partial charge in [-0.3, -0.25) is 4.79 Å². The molecule has 10 heteroatoms. The van der Waals surface area contributed by atoms with E-state index in [-0.39, 0.29) is 24.3 Å². The smallest absolute Gasteiger partial charge is 0.387 e. The molecule has 30 heavy (non-hydrogen) atoms. The Bertz CT molecular complexity index is 751. The van der Waals surface area contributed by atoms with E-state index in [2.05, 4.69) is 4.74 Å². The molecule has 2 fully saturated rings. The lowest BCUT2D eigenvalue weighted by Crippen LogP contribution is -2.46. The average molecular weight is 439 g/mol. The van der Waals surface area contributed by atoms with Crippen LogP contribution in [-0.2, 0) is 16.0 Å². The molecule has 1 heterocycles. The highest BCUT2D eigenvalue weighted by Gasteiger charge is 2.51. The summed E-state index contributed by atoms with van der Waals surface area (Å²) in [7, 11) is 0. The zero-order valence-electron chi connectivity index (χ0n) is 16.2. The number of alkyl halides is 6. The summed E-state index contributed by atoms with van der Waals surface area (Å²) in [5, 5.41) is 10.5. The van der Waals surface area contributed by atoms with E-state index in [9.17, 15) is 36.2 Å². The van der Waals surface area contributed by atoms with Crippen LogP contribution in [0.3, 0.4) is 0 Å². The van der Waals surface area contributed by atoms with E-state index in [4.69, 9.17) is 0 Å². The van der Waals surface area contributed by atoms with Crippen molar-refractivity contribution >= 4 is 11.6 Å². The van der Waals surface area contributed by atoms with E-state index in [1.807, 2.05) is 0 Å². The monoisotopic (exact) mass is 439 g/mol. The van der Waals surface area contributed by atoms with Gasteiger partial charge in [0.2, 0.25) is 5.91 Å². The summed E-state index contributed by atoms with van der Waals surface area (Å²) >= 11 is 0. The first kappa shape index (κ1) is 22.9. The molecule has 1 saturated carbocycles. The van der Waals surface area contributed by atoms with Crippen molar-refractivity contribution in [2.75, 3.05) is 24.7 Å². The molecule has 1 saturated heterocycles. The van der Waals surface area contributed by atoms with Crippen molar-refractivity contribution in [2.24, 2.45) is 5.41 Å². The lowest BCUT2D eigenvalue weighted by Gasteiger charge is -2.40. The van der Waals surface area contributed by atoms with Gasteiger partial charge in [0.1, 0.15) is 6.61 Å². The van der Waals surface area contributed by atoms with E-state index >= 15 is 0 Å². The van der Waals surface area contributed by atoms with Crippen LogP contribution in [0.5, 0.6) is 0 Å². The van der Waals surface area contributed by atoms with Gasteiger partial charge in [-0.25, -0.2) is 0 Å². The molecule has 0 bridgehead atoms. The normalized spacial score (nSPS) is 27.8. The summed E-state index contributed by atoms with van der Waals surface area (Å²) < 4.78 is 78.8. The number of anilines is 1. The Morgan fingerprint density at radius 1 is 0.933 bits per heavy atom. The molecule has 4 nitrogen and oxygen atoms in total. The van der Waals surface area contributed by atoms with E-state index in [1.165, 1.54) is 29.2 Å². The van der Waals surface area contributed by atoms with Crippen LogP contribution in [0, 0.1) is 5.41 Å². The Morgan fingerprint density at radius 3 is 2.07 bits per heavy atom. The summed E-state index contributed by atoms with van der Waals surface area (Å²) in [4.78, 5) is 14.6. The highest BCUT2D eigenvalue weighted by atomic mass is 19.4. The predicted octanol–water partition coefficient (Wildman–Crippen LogP) is 4.40. The van der Waals surface area contributed by atoms with Crippen molar-refractivity contribution in [2.45, 2.75) is 56.5 Å². The summed E-state index contributed by atoms with van der Waals surface area (Å²) in [5.41, 5.74) is -1.49. The number of carbonyl (C=O) groups excluding carboxylic acids is 1. The van der Waals surface area contributed by atoms with Crippen molar-refractivity contribution < 1.29 is 41.0 Å². The second kappa shape index (κ2) is 8.03. The van der Waals surface area contributed by atoms with E-state index in [1.54, 1.807) is 0 Å². The maximum absolute atomic E-state index is 13.0. The van der Waals surface area contributed by atoms with Gasteiger partial charge in [0.25, 0.3) is 0 Å². The van der Waals surface area contributed by atoms with Gasteiger partial charge in [-0.1, -0.05) is 12.1 Å². The molecule has 1 amide bonds. The molecule has 3 rings (SSSR count). The number of hydrogen-bond donors (Lipinski definition) is 1. The second-order valence-electron chi connectivity index (χ2n) is 8.28. The fourth-order valence-corrected chi connectivity index (χ4v) is 4.25. The molecule has 168 valence electrons. The molecular formula is C20H23F6NO3. The molecule has 0 atom stereocenters. The third kappa shape index (κ3) is 5.46. The molecule has 1 N–H and O–H groups in total. The van der Waals surface area contributed by atoms with E-state index < -0.39 is 43.0 Å². The quantitative estimate of drug-likeness (QED) is 0.692. The van der Waals surface area contributed by atoms with Crippen LogP contribution in [0.2, 0.25) is 0 Å². The van der Waals surface area contributed by atoms with Crippen LogP contribution < -0.4 is 4.90 Å². The predicted molar refractivity (Wildman–Crippen MR) is 95.9 cm³/mol. The standard InChI is InChI=1S/C20H23F6NO3/c21-19(22,23)11-14-1-3-15(4-2-14)27-10-9-17(16(27)28)5-7-18(29,8-6-17)12-30-13-20(24,25)26/h1-4,29H,5-13H2. The van der Waals surface area contributed by atoms with Gasteiger partial charge in [0.05, 0.1) is 24.0 Å². The Hall–Kier alpha value is -1.81. The van der Waals surface area contributed by atoms with Crippen LogP contribution in [0.4, 0.5) is 32.0 Å². The maximum Gasteiger partial charge on any atom is 0.411 e. The first-order chi connectivity index (χ1) is 13.8. The van der Waals surface area contributed by atoms with Gasteiger partial charge < -0.3 is 14.7 Å². The molecule has 1 aromatic rings. The van der Waals surface area contributed by atoms with Crippen molar-refractivity contribution in [1.82, 2.24) is 0 Å². The molecule has 0 radical (unpaired) electrons. The number of nitrogens with zero attached hydrogens (tertiary/aromatic N) is 1. The molecule has 1 aliphatic heterocycles. The lowest BCUT2D eigenvalue weighted by molar-refractivity contribution is -0.191. The molecule has 1 aromatic carbocycles. The summed E-state index contributed by atoms with van der Waals surface area (Å²) in [6, 6.07) is 5.67. The molecule has 2 aliphatic rings. The third-order valence-electron chi connectivity index (χ3n) is 5.94. The van der Waals surface area contributed by atoms with Crippen molar-refractivity contribution in [3.8, 4) is 0 Å². The van der Waals surface area contributed by atoms with Crippen LogP contribution in [0.25, 0.3) is 0 Å². The molecule has 1 spiro atoms. The van der Waals surface area contributed by atoms with Crippen molar-refractivity contribution in [3.63, 3.8) is 0 Å². The van der Waals surface area contributed by atoms with Crippen molar-refractivity contribution in [1.29, 1.82) is 0 Å². The van der Waals surface area contributed by atoms with Crippen molar-refractivity contribution in [3.05, 3.63) is 29.8 Å². The summed E-state index contributed by atoms with van der Waals surface area (Å²) in [6.07, 6.45) is -8.36. The van der Waals surface area contributed by atoms with Crippen LogP contribution >= 0.6 is 0 Å². The minimum Gasteiger partial charge on any atom is -0.387 e. The first-order valence-electron chi connectivity index (χ1n) is 9.66. The highest BCUT2D eigenvalue weighted by Crippen LogP contribution is 2.48. The topological polar surface area (TPSA) is 49.8 Å². The Balaban J connectivity index is 1.59. The van der Waals surface area contributed by atoms with Gasteiger partial charge in [0.15, 0.2) is 0 Å². The van der Waals surface area contributed by atoms with Crippen LogP contribution in [-0.4, -0.2) is 48.7 Å². The summed E-state index contributed by atoms with van der Waals surface area (Å²) in [6.45, 7) is -1.47. The van der Waals surface area contributed by atoms with E-state index in [0.717, 1.165) is 0 Å². The zero-order chi connectivity index (χ0) is 22.2. The SMILES string of the molecule is O=C1N(c2ccc(CC(F)(F)F)cc2)CCC12CCC(O)(COCC(F)(F)F)CC2. The number of hydrogen-bond acceptors (Lipinski definition) is 3. The minimum atomic E-state index is -4.47. The van der Waals surface area contributed by atoms with Gasteiger partial charge >= 0.3 is 12.4 Å². The number of benzene rings is 1. The van der Waals surface area contributed by atoms with Gasteiger partial charge in [-0.15, -0.1) is 0 Å². The zero-order valence-corrected chi connectivity index (χ0v) is 16.2. The summed E-state index contributed by atoms with van der Waals surface area (Å²) in [5.74, 6) is -0.163. The number of ether oxygens (including phenoxy) is 1. The van der Waals surface area contributed by atoms with E-state index in [0.29, 0.717) is 31.5 Å². The Labute approximate surface area is 169 Å². The number of aliphatic hydroxyl groups is 1. The second-order valence-corrected chi connectivity index (χ2v) is 8.28. The van der Waals surface area contributed by atoms with Crippen LogP contribution in [0.1, 0.15) is 37.7 Å². The van der Waals surface area contributed by atoms with Crippen LogP contribution in [0.15, 0.2) is 24.3 Å². The fraction of sp³-hybridized carbons (Fsp3) is 0.650. The number of carbonyl (C=O) groups is 1. The Kier molecular flexibility index (Phi) is 6.12. The number of rotatable bonds is 5. The largest absolute Gasteiger partial charge is 0.411 e. The number of halogens is 6. The minimum absolute atomic E-state index is 0.106. The highest BCUT2D eigenvalue weighted by molar-refractivity contribution is 6.00. The molecule has 0 unspecified atom stereocenters. The molecule has 0 aromatic heterocycles. The first-order valence-corrected chi connectivity index (χ1v) is 9.66. The third-order valence-corrected chi connectivity index (χ3v) is 5.94. The maximum atomic E-state index is 13.0. The number of amides is 1.